The number of hydrogen-bond donors (Lipinski definition) is 1. The SMILES string of the molecule is CCCNc1ccc(C2CCCN2C(=O)c2ccccc2)cn1. The molecule has 1 N–H and O–H groups in total. The van der Waals surface area contributed by atoms with Crippen LogP contribution < -0.4 is 5.32 Å². The van der Waals surface area contributed by atoms with Gasteiger partial charge in [-0.3, -0.25) is 4.79 Å². The molecule has 1 atom stereocenters. The summed E-state index contributed by atoms with van der Waals surface area (Å²) in [5.74, 6) is 1.01. The zero-order valence-corrected chi connectivity index (χ0v) is 13.5. The third-order valence-corrected chi connectivity index (χ3v) is 4.26. The fourth-order valence-corrected chi connectivity index (χ4v) is 3.06. The molecule has 0 aliphatic carbocycles. The van der Waals surface area contributed by atoms with Crippen LogP contribution in [-0.4, -0.2) is 28.9 Å². The highest BCUT2D eigenvalue weighted by atomic mass is 16.2. The van der Waals surface area contributed by atoms with Crippen LogP contribution >= 0.6 is 0 Å². The van der Waals surface area contributed by atoms with E-state index >= 15 is 0 Å². The van der Waals surface area contributed by atoms with Gasteiger partial charge < -0.3 is 10.2 Å². The molecule has 1 amide bonds. The highest BCUT2D eigenvalue weighted by Gasteiger charge is 2.30. The molecule has 0 saturated carbocycles. The Morgan fingerprint density at radius 1 is 1.26 bits per heavy atom. The Labute approximate surface area is 137 Å². The molecule has 0 bridgehead atoms. The molecule has 1 unspecified atom stereocenters. The van der Waals surface area contributed by atoms with Crippen LogP contribution in [0.5, 0.6) is 0 Å². The Morgan fingerprint density at radius 3 is 2.78 bits per heavy atom. The normalized spacial score (nSPS) is 17.3. The van der Waals surface area contributed by atoms with Crippen molar-refractivity contribution in [2.24, 2.45) is 0 Å². The highest BCUT2D eigenvalue weighted by molar-refractivity contribution is 5.94. The van der Waals surface area contributed by atoms with Crippen molar-refractivity contribution in [3.8, 4) is 0 Å². The van der Waals surface area contributed by atoms with Crippen LogP contribution in [0.4, 0.5) is 5.82 Å². The molecule has 120 valence electrons. The minimum atomic E-state index is 0.112. The summed E-state index contributed by atoms with van der Waals surface area (Å²) >= 11 is 0. The number of pyridine rings is 1. The van der Waals surface area contributed by atoms with Gasteiger partial charge in [-0.2, -0.15) is 0 Å². The number of anilines is 1. The summed E-state index contributed by atoms with van der Waals surface area (Å²) in [4.78, 5) is 19.2. The first-order valence-corrected chi connectivity index (χ1v) is 8.35. The quantitative estimate of drug-likeness (QED) is 0.911. The second kappa shape index (κ2) is 7.27. The van der Waals surface area contributed by atoms with E-state index < -0.39 is 0 Å². The van der Waals surface area contributed by atoms with Crippen molar-refractivity contribution in [1.82, 2.24) is 9.88 Å². The van der Waals surface area contributed by atoms with E-state index in [-0.39, 0.29) is 11.9 Å². The maximum Gasteiger partial charge on any atom is 0.254 e. The fourth-order valence-electron chi connectivity index (χ4n) is 3.06. The number of amides is 1. The molecule has 4 nitrogen and oxygen atoms in total. The lowest BCUT2D eigenvalue weighted by Crippen LogP contribution is -2.30. The van der Waals surface area contributed by atoms with E-state index in [4.69, 9.17) is 0 Å². The van der Waals surface area contributed by atoms with Crippen LogP contribution in [0.2, 0.25) is 0 Å². The number of nitrogens with zero attached hydrogens (tertiary/aromatic N) is 2. The lowest BCUT2D eigenvalue weighted by atomic mass is 10.1. The molecular formula is C19H23N3O. The third-order valence-electron chi connectivity index (χ3n) is 4.26. The second-order valence-corrected chi connectivity index (χ2v) is 5.93. The van der Waals surface area contributed by atoms with Crippen molar-refractivity contribution >= 4 is 11.7 Å². The largest absolute Gasteiger partial charge is 0.370 e. The molecule has 1 aliphatic heterocycles. The van der Waals surface area contributed by atoms with E-state index in [2.05, 4.69) is 23.3 Å². The van der Waals surface area contributed by atoms with Gasteiger partial charge in [-0.1, -0.05) is 31.2 Å². The minimum Gasteiger partial charge on any atom is -0.370 e. The van der Waals surface area contributed by atoms with E-state index in [1.165, 1.54) is 0 Å². The zero-order valence-electron chi connectivity index (χ0n) is 13.5. The van der Waals surface area contributed by atoms with Crippen LogP contribution in [0.25, 0.3) is 0 Å². The van der Waals surface area contributed by atoms with Gasteiger partial charge in [-0.25, -0.2) is 4.98 Å². The summed E-state index contributed by atoms with van der Waals surface area (Å²) in [6, 6.07) is 13.8. The standard InChI is InChI=1S/C19H23N3O/c1-2-12-20-18-11-10-16(14-21-18)17-9-6-13-22(17)19(23)15-7-4-3-5-8-15/h3-5,7-8,10-11,14,17H,2,6,9,12-13H2,1H3,(H,20,21). The molecular weight excluding hydrogens is 286 g/mol. The number of carbonyl (C=O) groups excluding carboxylic acids is 1. The highest BCUT2D eigenvalue weighted by Crippen LogP contribution is 2.33. The van der Waals surface area contributed by atoms with Gasteiger partial charge in [0.05, 0.1) is 6.04 Å². The van der Waals surface area contributed by atoms with E-state index in [0.717, 1.165) is 49.3 Å². The Morgan fingerprint density at radius 2 is 2.09 bits per heavy atom. The number of aromatic nitrogens is 1. The molecule has 3 rings (SSSR count). The number of rotatable bonds is 5. The van der Waals surface area contributed by atoms with Crippen molar-refractivity contribution in [3.05, 3.63) is 59.8 Å². The fraction of sp³-hybridized carbons (Fsp3) is 0.368. The van der Waals surface area contributed by atoms with Crippen LogP contribution in [-0.2, 0) is 0 Å². The van der Waals surface area contributed by atoms with Gasteiger partial charge in [0.1, 0.15) is 5.82 Å². The number of hydrogen-bond acceptors (Lipinski definition) is 3. The summed E-state index contributed by atoms with van der Waals surface area (Å²) in [5.41, 5.74) is 1.88. The summed E-state index contributed by atoms with van der Waals surface area (Å²) in [7, 11) is 0. The molecule has 4 heteroatoms. The van der Waals surface area contributed by atoms with Gasteiger partial charge in [-0.15, -0.1) is 0 Å². The predicted octanol–water partition coefficient (Wildman–Crippen LogP) is 3.88. The first-order chi connectivity index (χ1) is 11.3. The zero-order chi connectivity index (χ0) is 16.1. The molecule has 0 spiro atoms. The molecule has 1 aliphatic rings. The van der Waals surface area contributed by atoms with E-state index in [1.54, 1.807) is 0 Å². The molecule has 1 aromatic carbocycles. The average molecular weight is 309 g/mol. The minimum absolute atomic E-state index is 0.112. The smallest absolute Gasteiger partial charge is 0.254 e. The van der Waals surface area contributed by atoms with Gasteiger partial charge >= 0.3 is 0 Å². The number of benzene rings is 1. The lowest BCUT2D eigenvalue weighted by molar-refractivity contribution is 0.0735. The maximum atomic E-state index is 12.7. The van der Waals surface area contributed by atoms with Crippen molar-refractivity contribution < 1.29 is 4.79 Å². The van der Waals surface area contributed by atoms with Crippen LogP contribution in [0.1, 0.15) is 48.1 Å². The van der Waals surface area contributed by atoms with Gasteiger partial charge in [-0.05, 0) is 43.0 Å². The monoisotopic (exact) mass is 309 g/mol. The molecule has 2 aromatic rings. The van der Waals surface area contributed by atoms with E-state index in [0.29, 0.717) is 0 Å². The van der Waals surface area contributed by atoms with Crippen molar-refractivity contribution in [3.63, 3.8) is 0 Å². The molecule has 1 fully saturated rings. The number of carbonyl (C=O) groups is 1. The Hall–Kier alpha value is -2.36. The van der Waals surface area contributed by atoms with E-state index in [9.17, 15) is 4.79 Å². The first-order valence-electron chi connectivity index (χ1n) is 8.35. The maximum absolute atomic E-state index is 12.7. The van der Waals surface area contributed by atoms with Gasteiger partial charge in [0, 0.05) is 24.8 Å². The predicted molar refractivity (Wildman–Crippen MR) is 92.5 cm³/mol. The van der Waals surface area contributed by atoms with Gasteiger partial charge in [0.15, 0.2) is 0 Å². The van der Waals surface area contributed by atoms with Gasteiger partial charge in [0.2, 0.25) is 0 Å². The van der Waals surface area contributed by atoms with Crippen molar-refractivity contribution in [2.75, 3.05) is 18.4 Å². The summed E-state index contributed by atoms with van der Waals surface area (Å²) < 4.78 is 0. The molecule has 1 aromatic heterocycles. The Kier molecular flexibility index (Phi) is 4.91. The van der Waals surface area contributed by atoms with Gasteiger partial charge in [0.25, 0.3) is 5.91 Å². The van der Waals surface area contributed by atoms with Crippen LogP contribution in [0.3, 0.4) is 0 Å². The Bertz CT molecular complexity index is 639. The van der Waals surface area contributed by atoms with Crippen LogP contribution in [0, 0.1) is 0 Å². The first kappa shape index (κ1) is 15.5. The third kappa shape index (κ3) is 3.52. The topological polar surface area (TPSA) is 45.2 Å². The van der Waals surface area contributed by atoms with Crippen LogP contribution in [0.15, 0.2) is 48.7 Å². The summed E-state index contributed by atoms with van der Waals surface area (Å²) in [5, 5.41) is 3.28. The van der Waals surface area contributed by atoms with Crippen molar-refractivity contribution in [1.29, 1.82) is 0 Å². The molecule has 2 heterocycles. The molecule has 23 heavy (non-hydrogen) atoms. The number of nitrogens with one attached hydrogen (secondary N) is 1. The molecule has 1 saturated heterocycles. The lowest BCUT2D eigenvalue weighted by Gasteiger charge is -2.25. The number of likely N-dealkylation sites (tertiary alicyclic amines) is 1. The second-order valence-electron chi connectivity index (χ2n) is 5.93. The Balaban J connectivity index is 1.75. The molecule has 0 radical (unpaired) electrons. The summed E-state index contributed by atoms with van der Waals surface area (Å²) in [6.07, 6.45) is 5.02. The average Bonchev–Trinajstić information content (AvgIpc) is 3.10. The van der Waals surface area contributed by atoms with Crippen molar-refractivity contribution in [2.45, 2.75) is 32.2 Å². The van der Waals surface area contributed by atoms with E-state index in [1.807, 2.05) is 47.5 Å². The summed E-state index contributed by atoms with van der Waals surface area (Å²) in [6.45, 7) is 3.87.